The fourth-order valence-corrected chi connectivity index (χ4v) is 11.7. The lowest BCUT2D eigenvalue weighted by Gasteiger charge is -2.16. The van der Waals surface area contributed by atoms with Gasteiger partial charge in [-0.3, -0.25) is 19.2 Å². The molecular weight excluding hydrogens is 957 g/mol. The van der Waals surface area contributed by atoms with E-state index in [-0.39, 0.29) is 59.9 Å². The summed E-state index contributed by atoms with van der Waals surface area (Å²) >= 11 is 3.79. The van der Waals surface area contributed by atoms with Crippen LogP contribution >= 0.6 is 23.5 Å². The third-order valence-electron chi connectivity index (χ3n) is 12.3. The van der Waals surface area contributed by atoms with Gasteiger partial charge >= 0.3 is 12.1 Å². The molecule has 4 saturated heterocycles. The van der Waals surface area contributed by atoms with Crippen LogP contribution in [-0.2, 0) is 38.0 Å². The van der Waals surface area contributed by atoms with E-state index in [1.165, 1.54) is 0 Å². The minimum Gasteiger partial charge on any atom is -0.379 e. The monoisotopic (exact) mass is 1040 g/mol. The molecule has 71 heavy (non-hydrogen) atoms. The van der Waals surface area contributed by atoms with Crippen LogP contribution in [0.15, 0.2) is 18.2 Å². The van der Waals surface area contributed by atoms with Crippen LogP contribution in [0, 0.1) is 6.92 Å². The molecule has 400 valence electrons. The van der Waals surface area contributed by atoms with Gasteiger partial charge in [0.15, 0.2) is 0 Å². The highest BCUT2D eigenvalue weighted by Crippen LogP contribution is 2.34. The highest BCUT2D eigenvalue weighted by Gasteiger charge is 2.43. The maximum Gasteiger partial charge on any atom is 0.315 e. The maximum atomic E-state index is 12.8. The van der Waals surface area contributed by atoms with Gasteiger partial charge < -0.3 is 71.0 Å². The van der Waals surface area contributed by atoms with Gasteiger partial charge in [-0.25, -0.2) is 9.59 Å². The Bertz CT molecular complexity index is 1670. The lowest BCUT2D eigenvalue weighted by molar-refractivity contribution is -0.122. The summed E-state index contributed by atoms with van der Waals surface area (Å²) in [4.78, 5) is 73.0. The molecule has 8 amide bonds. The molecule has 20 nitrogen and oxygen atoms in total. The first-order valence-corrected chi connectivity index (χ1v) is 27.8. The first-order valence-electron chi connectivity index (χ1n) is 25.7. The number of hydrogen-bond acceptors (Lipinski definition) is 14. The Morgan fingerprint density at radius 2 is 0.831 bits per heavy atom. The van der Waals surface area contributed by atoms with E-state index in [4.69, 9.17) is 28.4 Å². The van der Waals surface area contributed by atoms with E-state index >= 15 is 0 Å². The normalized spacial score (nSPS) is 20.9. The Balaban J connectivity index is 0.729. The molecule has 4 heterocycles. The van der Waals surface area contributed by atoms with Crippen LogP contribution in [0.25, 0.3) is 0 Å². The topological polar surface area (TPSA) is 254 Å². The minimum atomic E-state index is -0.254. The molecule has 0 aromatic heterocycles. The van der Waals surface area contributed by atoms with Crippen molar-refractivity contribution in [3.63, 3.8) is 0 Å². The average molecular weight is 1040 g/mol. The van der Waals surface area contributed by atoms with E-state index in [1.807, 2.05) is 30.4 Å². The summed E-state index contributed by atoms with van der Waals surface area (Å²) in [6.07, 6.45) is 9.36. The van der Waals surface area contributed by atoms with Gasteiger partial charge in [-0.05, 0) is 82.1 Å². The minimum absolute atomic E-state index is 0.0599. The highest BCUT2D eigenvalue weighted by atomic mass is 32.2. The largest absolute Gasteiger partial charge is 0.379 e. The molecule has 4 fully saturated rings. The number of benzene rings is 1. The SMILES string of the molecule is Cc1cc(C(=O)NCCCOCCOCCOCCCNC(=O)CCCCC2SCC3NC(=O)NC32)cc(C(=O)NCCCOCCOCCOCCCNC(=O)CCCCC2SCC3NC(=O)NC32)c1. The molecule has 0 saturated carbocycles. The number of hydrogen-bond donors (Lipinski definition) is 8. The van der Waals surface area contributed by atoms with E-state index in [1.54, 1.807) is 18.2 Å². The van der Waals surface area contributed by atoms with Gasteiger partial charge in [0.1, 0.15) is 0 Å². The van der Waals surface area contributed by atoms with Crippen LogP contribution in [-0.4, -0.2) is 187 Å². The summed E-state index contributed by atoms with van der Waals surface area (Å²) in [5.74, 6) is 1.51. The van der Waals surface area contributed by atoms with E-state index in [2.05, 4.69) is 42.5 Å². The van der Waals surface area contributed by atoms with E-state index in [0.29, 0.717) is 153 Å². The second kappa shape index (κ2) is 34.5. The van der Waals surface area contributed by atoms with Crippen molar-refractivity contribution in [3.05, 3.63) is 34.9 Å². The predicted molar refractivity (Wildman–Crippen MR) is 273 cm³/mol. The summed E-state index contributed by atoms with van der Waals surface area (Å²) in [7, 11) is 0. The number of unbranched alkanes of at least 4 members (excludes halogenated alkanes) is 2. The van der Waals surface area contributed by atoms with Crippen molar-refractivity contribution in [3.8, 4) is 0 Å². The molecule has 0 aliphatic carbocycles. The van der Waals surface area contributed by atoms with E-state index < -0.39 is 0 Å². The Labute approximate surface area is 427 Å². The molecule has 4 aliphatic rings. The average Bonchev–Trinajstić information content (AvgIpc) is 4.13. The van der Waals surface area contributed by atoms with Crippen molar-refractivity contribution >= 4 is 59.2 Å². The molecule has 1 aromatic rings. The summed E-state index contributed by atoms with van der Waals surface area (Å²) in [5, 5.41) is 24.5. The quantitative estimate of drug-likeness (QED) is 0.0348. The van der Waals surface area contributed by atoms with Crippen molar-refractivity contribution in [2.45, 2.75) is 119 Å². The van der Waals surface area contributed by atoms with Crippen LogP contribution in [0.5, 0.6) is 0 Å². The number of thioether (sulfide) groups is 2. The van der Waals surface area contributed by atoms with Crippen LogP contribution in [0.1, 0.15) is 103 Å². The molecule has 22 heteroatoms. The Hall–Kier alpha value is -3.90. The van der Waals surface area contributed by atoms with Crippen molar-refractivity contribution < 1.29 is 57.2 Å². The number of fused-ring (bicyclic) bond motifs is 2. The van der Waals surface area contributed by atoms with Gasteiger partial charge in [-0.15, -0.1) is 0 Å². The highest BCUT2D eigenvalue weighted by molar-refractivity contribution is 8.00. The zero-order valence-corrected chi connectivity index (χ0v) is 43.3. The van der Waals surface area contributed by atoms with Gasteiger partial charge in [-0.1, -0.05) is 12.8 Å². The fraction of sp³-hybridized carbons (Fsp3) is 0.755. The molecule has 6 unspecified atom stereocenters. The van der Waals surface area contributed by atoms with Crippen molar-refractivity contribution in [2.24, 2.45) is 0 Å². The number of carbonyl (C=O) groups excluding carboxylic acids is 6. The van der Waals surface area contributed by atoms with Crippen molar-refractivity contribution in [1.29, 1.82) is 0 Å². The van der Waals surface area contributed by atoms with Gasteiger partial charge in [0.25, 0.3) is 11.8 Å². The molecule has 0 radical (unpaired) electrons. The number of nitrogens with one attached hydrogen (secondary N) is 8. The third kappa shape index (κ3) is 23.2. The van der Waals surface area contributed by atoms with Crippen LogP contribution in [0.4, 0.5) is 9.59 Å². The first-order chi connectivity index (χ1) is 34.7. The number of rotatable bonds is 40. The van der Waals surface area contributed by atoms with Gasteiger partial charge in [0.2, 0.25) is 11.8 Å². The van der Waals surface area contributed by atoms with Gasteiger partial charge in [0.05, 0.1) is 77.0 Å². The lowest BCUT2D eigenvalue weighted by Crippen LogP contribution is -2.36. The second-order valence-electron chi connectivity index (χ2n) is 18.1. The van der Waals surface area contributed by atoms with Crippen LogP contribution in [0.3, 0.4) is 0 Å². The summed E-state index contributed by atoms with van der Waals surface area (Å²) in [6, 6.07) is 5.86. The van der Waals surface area contributed by atoms with Crippen LogP contribution < -0.4 is 42.5 Å². The number of aryl methyl sites for hydroxylation is 1. The first kappa shape index (κ1) is 58.0. The van der Waals surface area contributed by atoms with Crippen molar-refractivity contribution in [1.82, 2.24) is 42.5 Å². The maximum absolute atomic E-state index is 12.8. The predicted octanol–water partition coefficient (Wildman–Crippen LogP) is 2.80. The zero-order chi connectivity index (χ0) is 50.3. The van der Waals surface area contributed by atoms with Gasteiger partial charge in [-0.2, -0.15) is 23.5 Å². The summed E-state index contributed by atoms with van der Waals surface area (Å²) in [6.45, 7) is 9.43. The number of amides is 8. The molecule has 5 rings (SSSR count). The smallest absolute Gasteiger partial charge is 0.315 e. The Kier molecular flexibility index (Phi) is 28.2. The standard InChI is InChI=1S/C49H80N8O12S2/c1-35-30-36(46(60)52-16-8-20-66-24-28-68-26-22-64-18-6-14-50-42(58)12-4-2-10-40-44-38(33-70-40)54-48(62)56-44)32-37(31-35)47(61)53-17-9-21-67-25-29-69-27-23-65-19-7-15-51-43(59)13-5-3-11-41-45-39(34-71-41)55-49(63)57-45/h30-32,38-41,44-45H,2-29,33-34H2,1H3,(H,50,58)(H,51,59)(H,52,60)(H,53,61)(H2,54,56,62)(H2,55,57,63). The van der Waals surface area contributed by atoms with Crippen molar-refractivity contribution in [2.75, 3.05) is 117 Å². The number of urea groups is 2. The molecule has 6 atom stereocenters. The Morgan fingerprint density at radius 3 is 1.21 bits per heavy atom. The molecule has 1 aromatic carbocycles. The van der Waals surface area contributed by atoms with E-state index in [9.17, 15) is 28.8 Å². The molecular formula is C49H80N8O12S2. The Morgan fingerprint density at radius 1 is 0.479 bits per heavy atom. The summed E-state index contributed by atoms with van der Waals surface area (Å²) < 4.78 is 33.6. The van der Waals surface area contributed by atoms with Crippen LogP contribution in [0.2, 0.25) is 0 Å². The zero-order valence-electron chi connectivity index (χ0n) is 41.6. The van der Waals surface area contributed by atoms with E-state index in [0.717, 1.165) is 68.4 Å². The summed E-state index contributed by atoms with van der Waals surface area (Å²) in [5.41, 5.74) is 1.65. The third-order valence-corrected chi connectivity index (χ3v) is 15.3. The number of ether oxygens (including phenoxy) is 6. The number of carbonyl (C=O) groups is 6. The molecule has 4 aliphatic heterocycles. The fourth-order valence-electron chi connectivity index (χ4n) is 8.61. The molecule has 0 spiro atoms. The van der Waals surface area contributed by atoms with Gasteiger partial charge in [0, 0.05) is 98.6 Å². The second-order valence-corrected chi connectivity index (χ2v) is 20.7. The molecule has 8 N–H and O–H groups in total. The lowest BCUT2D eigenvalue weighted by atomic mass is 10.0. The molecule has 0 bridgehead atoms.